The highest BCUT2D eigenvalue weighted by atomic mass is 15.1. The lowest BCUT2D eigenvalue weighted by Crippen LogP contribution is -2.09. The van der Waals surface area contributed by atoms with Crippen molar-refractivity contribution < 1.29 is 0 Å². The van der Waals surface area contributed by atoms with Gasteiger partial charge in [-0.2, -0.15) is 0 Å². The first-order valence-corrected chi connectivity index (χ1v) is 10.5. The summed E-state index contributed by atoms with van der Waals surface area (Å²) in [5.74, 6) is 0. The van der Waals surface area contributed by atoms with Gasteiger partial charge < -0.3 is 4.90 Å². The van der Waals surface area contributed by atoms with Crippen LogP contribution in [0.4, 0.5) is 17.1 Å². The quantitative estimate of drug-likeness (QED) is 0.269. The SMILES string of the molecule is C(=Cc1ccc2cc(N(c3ccccc3)c3ccccc3)ccc2c1)c1ccccc1. The molecule has 5 rings (SSSR count). The van der Waals surface area contributed by atoms with Crippen LogP contribution in [0.5, 0.6) is 0 Å². The van der Waals surface area contributed by atoms with Crippen LogP contribution in [-0.2, 0) is 0 Å². The summed E-state index contributed by atoms with van der Waals surface area (Å²) in [5.41, 5.74) is 5.86. The molecule has 5 aromatic carbocycles. The van der Waals surface area contributed by atoms with Crippen molar-refractivity contribution in [2.75, 3.05) is 4.90 Å². The van der Waals surface area contributed by atoms with E-state index < -0.39 is 0 Å². The number of benzene rings is 5. The monoisotopic (exact) mass is 397 g/mol. The Morgan fingerprint density at radius 3 is 1.55 bits per heavy atom. The number of para-hydroxylation sites is 2. The van der Waals surface area contributed by atoms with Crippen LogP contribution in [0.3, 0.4) is 0 Å². The van der Waals surface area contributed by atoms with Crippen molar-refractivity contribution in [2.45, 2.75) is 0 Å². The summed E-state index contributed by atoms with van der Waals surface area (Å²) in [6.45, 7) is 0. The van der Waals surface area contributed by atoms with Gasteiger partial charge in [0, 0.05) is 17.1 Å². The minimum absolute atomic E-state index is 1.15. The molecule has 148 valence electrons. The third kappa shape index (κ3) is 4.26. The first-order chi connectivity index (χ1) is 15.4. The summed E-state index contributed by atoms with van der Waals surface area (Å²) in [4.78, 5) is 2.29. The van der Waals surface area contributed by atoms with E-state index in [1.54, 1.807) is 0 Å². The van der Waals surface area contributed by atoms with Gasteiger partial charge in [0.15, 0.2) is 0 Å². The second-order valence-corrected chi connectivity index (χ2v) is 7.54. The zero-order chi connectivity index (χ0) is 20.9. The van der Waals surface area contributed by atoms with Crippen LogP contribution in [0, 0.1) is 0 Å². The van der Waals surface area contributed by atoms with Gasteiger partial charge >= 0.3 is 0 Å². The maximum absolute atomic E-state index is 2.29. The summed E-state index contributed by atoms with van der Waals surface area (Å²) >= 11 is 0. The molecule has 0 radical (unpaired) electrons. The van der Waals surface area contributed by atoms with Crippen LogP contribution in [-0.4, -0.2) is 0 Å². The normalized spacial score (nSPS) is 11.1. The highest BCUT2D eigenvalue weighted by molar-refractivity contribution is 5.91. The van der Waals surface area contributed by atoms with E-state index in [2.05, 4.69) is 138 Å². The molecule has 31 heavy (non-hydrogen) atoms. The van der Waals surface area contributed by atoms with E-state index in [4.69, 9.17) is 0 Å². The molecule has 0 saturated heterocycles. The van der Waals surface area contributed by atoms with E-state index >= 15 is 0 Å². The Labute approximate surface area is 183 Å². The third-order valence-corrected chi connectivity index (χ3v) is 5.40. The molecule has 0 atom stereocenters. The number of nitrogens with zero attached hydrogens (tertiary/aromatic N) is 1. The van der Waals surface area contributed by atoms with Crippen molar-refractivity contribution >= 4 is 40.0 Å². The summed E-state index contributed by atoms with van der Waals surface area (Å²) in [6, 6.07) is 44.7. The Balaban J connectivity index is 1.51. The molecule has 0 fully saturated rings. The molecule has 0 heterocycles. The minimum Gasteiger partial charge on any atom is -0.310 e. The van der Waals surface area contributed by atoms with Crippen molar-refractivity contribution in [3.63, 3.8) is 0 Å². The van der Waals surface area contributed by atoms with E-state index in [-0.39, 0.29) is 0 Å². The molecule has 0 spiro atoms. The lowest BCUT2D eigenvalue weighted by atomic mass is 10.0. The molecular formula is C30H23N. The fraction of sp³-hybridized carbons (Fsp3) is 0. The zero-order valence-electron chi connectivity index (χ0n) is 17.2. The van der Waals surface area contributed by atoms with Crippen LogP contribution in [0.2, 0.25) is 0 Å². The average Bonchev–Trinajstić information content (AvgIpc) is 2.85. The van der Waals surface area contributed by atoms with Gasteiger partial charge in [0.2, 0.25) is 0 Å². The Hall–Kier alpha value is -4.10. The van der Waals surface area contributed by atoms with Gasteiger partial charge in [-0.25, -0.2) is 0 Å². The van der Waals surface area contributed by atoms with Gasteiger partial charge in [-0.3, -0.25) is 0 Å². The molecule has 1 nitrogen and oxygen atoms in total. The van der Waals surface area contributed by atoms with Crippen LogP contribution < -0.4 is 4.90 Å². The summed E-state index contributed by atoms with van der Waals surface area (Å²) in [6.07, 6.45) is 4.32. The predicted octanol–water partition coefficient (Wildman–Crippen LogP) is 8.48. The molecule has 0 unspecified atom stereocenters. The van der Waals surface area contributed by atoms with E-state index in [1.165, 1.54) is 21.9 Å². The fourth-order valence-electron chi connectivity index (χ4n) is 3.85. The van der Waals surface area contributed by atoms with Gasteiger partial charge in [0.05, 0.1) is 0 Å². The van der Waals surface area contributed by atoms with Crippen LogP contribution in [0.15, 0.2) is 127 Å². The summed E-state index contributed by atoms with van der Waals surface area (Å²) in [7, 11) is 0. The molecule has 0 amide bonds. The van der Waals surface area contributed by atoms with Crippen molar-refractivity contribution in [2.24, 2.45) is 0 Å². The number of fused-ring (bicyclic) bond motifs is 1. The summed E-state index contributed by atoms with van der Waals surface area (Å²) < 4.78 is 0. The topological polar surface area (TPSA) is 3.24 Å². The number of hydrogen-bond acceptors (Lipinski definition) is 1. The smallest absolute Gasteiger partial charge is 0.0468 e. The van der Waals surface area contributed by atoms with Gasteiger partial charge in [0.25, 0.3) is 0 Å². The molecule has 1 heteroatoms. The van der Waals surface area contributed by atoms with E-state index in [9.17, 15) is 0 Å². The van der Waals surface area contributed by atoms with E-state index in [0.717, 1.165) is 17.1 Å². The number of hydrogen-bond donors (Lipinski definition) is 0. The van der Waals surface area contributed by atoms with Crippen molar-refractivity contribution in [3.8, 4) is 0 Å². The molecule has 0 saturated carbocycles. The van der Waals surface area contributed by atoms with E-state index in [0.29, 0.717) is 0 Å². The third-order valence-electron chi connectivity index (χ3n) is 5.40. The second-order valence-electron chi connectivity index (χ2n) is 7.54. The maximum Gasteiger partial charge on any atom is 0.0468 e. The van der Waals surface area contributed by atoms with E-state index in [1.807, 2.05) is 6.07 Å². The second kappa shape index (κ2) is 8.73. The van der Waals surface area contributed by atoms with Crippen molar-refractivity contribution in [1.29, 1.82) is 0 Å². The van der Waals surface area contributed by atoms with Gasteiger partial charge in [-0.05, 0) is 64.4 Å². The largest absolute Gasteiger partial charge is 0.310 e. The molecule has 0 aliphatic carbocycles. The lowest BCUT2D eigenvalue weighted by molar-refractivity contribution is 1.29. The molecule has 0 aliphatic heterocycles. The molecule has 0 aromatic heterocycles. The standard InChI is InChI=1S/C30H23N/c1-4-10-24(11-5-1)16-17-25-18-19-27-23-30(21-20-26(27)22-25)31(28-12-6-2-7-13-28)29-14-8-3-9-15-29/h1-23H. The fourth-order valence-corrected chi connectivity index (χ4v) is 3.85. The lowest BCUT2D eigenvalue weighted by Gasteiger charge is -2.25. The highest BCUT2D eigenvalue weighted by Crippen LogP contribution is 2.35. The van der Waals surface area contributed by atoms with Gasteiger partial charge in [-0.1, -0.05) is 97.1 Å². The molecular weight excluding hydrogens is 374 g/mol. The Kier molecular flexibility index (Phi) is 5.32. The van der Waals surface area contributed by atoms with Gasteiger partial charge in [0.1, 0.15) is 0 Å². The maximum atomic E-state index is 2.29. The molecule has 5 aromatic rings. The first kappa shape index (κ1) is 18.9. The Morgan fingerprint density at radius 2 is 0.903 bits per heavy atom. The molecule has 0 N–H and O–H groups in total. The number of rotatable bonds is 5. The van der Waals surface area contributed by atoms with Crippen molar-refractivity contribution in [3.05, 3.63) is 139 Å². The first-order valence-electron chi connectivity index (χ1n) is 10.5. The predicted molar refractivity (Wildman–Crippen MR) is 134 cm³/mol. The van der Waals surface area contributed by atoms with Gasteiger partial charge in [-0.15, -0.1) is 0 Å². The molecule has 0 aliphatic rings. The van der Waals surface area contributed by atoms with Crippen molar-refractivity contribution in [1.82, 2.24) is 0 Å². The molecule has 0 bridgehead atoms. The summed E-state index contributed by atoms with van der Waals surface area (Å²) in [5, 5.41) is 2.46. The number of anilines is 3. The Morgan fingerprint density at radius 1 is 0.387 bits per heavy atom. The minimum atomic E-state index is 1.15. The zero-order valence-corrected chi connectivity index (χ0v) is 17.2. The Bertz CT molecular complexity index is 1270. The average molecular weight is 398 g/mol. The highest BCUT2D eigenvalue weighted by Gasteiger charge is 2.12. The van der Waals surface area contributed by atoms with Crippen LogP contribution in [0.25, 0.3) is 22.9 Å². The van der Waals surface area contributed by atoms with Crippen LogP contribution in [0.1, 0.15) is 11.1 Å². The van der Waals surface area contributed by atoms with Crippen LogP contribution >= 0.6 is 0 Å².